The molecule has 2 heterocycles. The number of carbonyl (C=O) groups excluding carboxylic acids is 1. The molecule has 0 spiro atoms. The molecule has 9 nitrogen and oxygen atoms in total. The van der Waals surface area contributed by atoms with Gasteiger partial charge in [0.05, 0.1) is 12.7 Å². The van der Waals surface area contributed by atoms with Crippen molar-refractivity contribution in [2.24, 2.45) is 4.36 Å². The second-order valence-corrected chi connectivity index (χ2v) is 24.6. The summed E-state index contributed by atoms with van der Waals surface area (Å²) in [5.74, 6) is 0.468. The second kappa shape index (κ2) is 14.7. The largest absolute Gasteiger partial charge is 0.469 e. The van der Waals surface area contributed by atoms with Gasteiger partial charge in [-0.1, -0.05) is 118 Å². The average molecular weight is 802 g/mol. The van der Waals surface area contributed by atoms with E-state index in [-0.39, 0.29) is 15.9 Å². The van der Waals surface area contributed by atoms with Gasteiger partial charge in [-0.25, -0.2) is 18.4 Å². The van der Waals surface area contributed by atoms with E-state index >= 15 is 4.21 Å². The molecule has 0 unspecified atom stereocenters. The van der Waals surface area contributed by atoms with Crippen LogP contribution in [0.15, 0.2) is 113 Å². The Morgan fingerprint density at radius 3 is 2.11 bits per heavy atom. The van der Waals surface area contributed by atoms with Crippen LogP contribution in [0.5, 0.6) is 5.88 Å². The molecular weight excluding hydrogens is 747 g/mol. The highest BCUT2D eigenvalue weighted by Crippen LogP contribution is 2.47. The van der Waals surface area contributed by atoms with Gasteiger partial charge < -0.3 is 14.5 Å². The molecular formula is C46H55N5O4SSi. The number of nitrogens with one attached hydrogen (secondary N) is 2. The third-order valence-electron chi connectivity index (χ3n) is 12.5. The predicted octanol–water partition coefficient (Wildman–Crippen LogP) is 10.2. The van der Waals surface area contributed by atoms with Gasteiger partial charge in [-0.05, 0) is 103 Å². The summed E-state index contributed by atoms with van der Waals surface area (Å²) in [6, 6.07) is 31.4. The summed E-state index contributed by atoms with van der Waals surface area (Å²) in [5.41, 5.74) is 6.33. The van der Waals surface area contributed by atoms with E-state index in [1.165, 1.54) is 17.3 Å². The maximum Gasteiger partial charge on any atom is 0.354 e. The lowest BCUT2D eigenvalue weighted by Gasteiger charge is -2.37. The van der Waals surface area contributed by atoms with E-state index in [1.807, 2.05) is 105 Å². The van der Waals surface area contributed by atoms with Crippen LogP contribution in [0.1, 0.15) is 92.3 Å². The van der Waals surface area contributed by atoms with E-state index in [0.717, 1.165) is 65.6 Å². The first-order valence-electron chi connectivity index (χ1n) is 20.2. The Morgan fingerprint density at radius 1 is 0.930 bits per heavy atom. The lowest BCUT2D eigenvalue weighted by atomic mass is 9.78. The fourth-order valence-corrected chi connectivity index (χ4v) is 11.5. The molecule has 11 heteroatoms. The van der Waals surface area contributed by atoms with Gasteiger partial charge in [-0.2, -0.15) is 5.10 Å². The van der Waals surface area contributed by atoms with Gasteiger partial charge in [0.1, 0.15) is 16.0 Å². The van der Waals surface area contributed by atoms with Gasteiger partial charge in [0.25, 0.3) is 0 Å². The SMILES string of the molecule is CC1(C)Cn2ncc([S@@](=O)(=NC(=O)Nc3c4c(cc5c3[C@@H](CO[Si](C)(C)C(C)(C)C)CC5)CCC4)NC(c3ccccc3)(c3ccccc3)c3ccccc3)c2O1. The number of hydrogen-bond acceptors (Lipinski definition) is 5. The third-order valence-corrected chi connectivity index (χ3v) is 18.8. The number of fused-ring (bicyclic) bond motifs is 3. The molecule has 1 aliphatic heterocycles. The van der Waals surface area contributed by atoms with Gasteiger partial charge in [-0.3, -0.25) is 0 Å². The van der Waals surface area contributed by atoms with Crippen LogP contribution < -0.4 is 14.8 Å². The molecule has 298 valence electrons. The number of benzene rings is 4. The molecule has 1 aromatic heterocycles. The van der Waals surface area contributed by atoms with Crippen molar-refractivity contribution in [1.29, 1.82) is 0 Å². The zero-order chi connectivity index (χ0) is 40.2. The van der Waals surface area contributed by atoms with Gasteiger partial charge in [0.2, 0.25) is 5.88 Å². The Morgan fingerprint density at radius 2 is 1.53 bits per heavy atom. The van der Waals surface area contributed by atoms with Crippen molar-refractivity contribution >= 4 is 30.0 Å². The topological polar surface area (TPSA) is 107 Å². The number of hydrogen-bond donors (Lipinski definition) is 2. The highest BCUT2D eigenvalue weighted by atomic mass is 32.2. The van der Waals surface area contributed by atoms with Crippen LogP contribution in [-0.2, 0) is 45.7 Å². The van der Waals surface area contributed by atoms with Crippen LogP contribution in [0.2, 0.25) is 18.1 Å². The van der Waals surface area contributed by atoms with Gasteiger partial charge in [0.15, 0.2) is 18.2 Å². The summed E-state index contributed by atoms with van der Waals surface area (Å²) in [6.45, 7) is 16.4. The van der Waals surface area contributed by atoms with E-state index in [1.54, 1.807) is 4.68 Å². The average Bonchev–Trinajstić information content (AvgIpc) is 3.97. The van der Waals surface area contributed by atoms with Crippen molar-refractivity contribution in [3.05, 3.63) is 142 Å². The Kier molecular flexibility index (Phi) is 10.1. The lowest BCUT2D eigenvalue weighted by Crippen LogP contribution is -2.48. The second-order valence-electron chi connectivity index (χ2n) is 18.0. The van der Waals surface area contributed by atoms with Crippen LogP contribution in [0.3, 0.4) is 0 Å². The quantitative estimate of drug-likeness (QED) is 0.108. The van der Waals surface area contributed by atoms with E-state index in [2.05, 4.69) is 55.1 Å². The predicted molar refractivity (Wildman–Crippen MR) is 230 cm³/mol. The normalized spacial score (nSPS) is 18.3. The summed E-state index contributed by atoms with van der Waals surface area (Å²) >= 11 is 0. The molecule has 5 aromatic rings. The highest BCUT2D eigenvalue weighted by Gasteiger charge is 2.44. The van der Waals surface area contributed by atoms with E-state index in [4.69, 9.17) is 13.5 Å². The molecule has 0 saturated heterocycles. The van der Waals surface area contributed by atoms with Crippen LogP contribution >= 0.6 is 0 Å². The fraction of sp³-hybridized carbons (Fsp3) is 0.391. The van der Waals surface area contributed by atoms with Crippen LogP contribution in [0, 0.1) is 0 Å². The number of ether oxygens (including phenoxy) is 1. The minimum atomic E-state index is -3.87. The molecule has 0 bridgehead atoms. The van der Waals surface area contributed by atoms with Crippen molar-refractivity contribution in [3.8, 4) is 5.88 Å². The summed E-state index contributed by atoms with van der Waals surface area (Å²) in [4.78, 5) is 15.0. The van der Waals surface area contributed by atoms with Crippen molar-refractivity contribution in [1.82, 2.24) is 14.5 Å². The van der Waals surface area contributed by atoms with E-state index in [0.29, 0.717) is 19.0 Å². The number of aryl methyl sites for hydroxylation is 2. The number of carbonyl (C=O) groups is 1. The number of anilines is 1. The number of amides is 2. The monoisotopic (exact) mass is 801 g/mol. The minimum absolute atomic E-state index is 0.0804. The Balaban J connectivity index is 1.28. The first-order valence-corrected chi connectivity index (χ1v) is 24.6. The number of rotatable bonds is 10. The first kappa shape index (κ1) is 39.3. The number of urea groups is 1. The van der Waals surface area contributed by atoms with E-state index in [9.17, 15) is 4.79 Å². The highest BCUT2D eigenvalue weighted by molar-refractivity contribution is 7.92. The first-order chi connectivity index (χ1) is 27.1. The molecule has 8 rings (SSSR count). The number of nitrogens with zero attached hydrogens (tertiary/aromatic N) is 3. The van der Waals surface area contributed by atoms with Gasteiger partial charge >= 0.3 is 6.03 Å². The van der Waals surface area contributed by atoms with Crippen molar-refractivity contribution in [2.45, 2.75) is 113 Å². The maximum absolute atomic E-state index is 16.3. The number of aromatic nitrogens is 2. The van der Waals surface area contributed by atoms with E-state index < -0.39 is 35.4 Å². The molecule has 2 atom stereocenters. The third kappa shape index (κ3) is 7.28. The molecule has 2 aliphatic carbocycles. The summed E-state index contributed by atoms with van der Waals surface area (Å²) in [5, 5.41) is 7.98. The molecule has 0 saturated carbocycles. The van der Waals surface area contributed by atoms with Crippen LogP contribution in [0.25, 0.3) is 0 Å². The molecule has 2 N–H and O–H groups in total. The summed E-state index contributed by atoms with van der Waals surface area (Å²) in [7, 11) is -5.90. The Hall–Kier alpha value is -4.55. The zero-order valence-electron chi connectivity index (χ0n) is 34.2. The molecule has 2 amide bonds. The standard InChI is InChI=1S/C46H55N5O4SSi/c1-44(2,3)57(6,7)54-30-34-27-26-33-28-32-18-17-25-38(32)41(40(33)34)48-43(52)49-56(53,39-29-47-51-31-45(4,5)55-42(39)51)50-46(35-19-11-8-12-20-35,36-21-13-9-14-22-36)37-23-15-10-16-24-37/h8-16,19-24,28-29,34H,17-18,25-27,30-31H2,1-7H3,(H2,48,49,50,52,53)/t34-,56-/m1/s1. The van der Waals surface area contributed by atoms with Gasteiger partial charge in [-0.15, -0.1) is 4.36 Å². The fourth-order valence-electron chi connectivity index (χ4n) is 8.54. The maximum atomic E-state index is 16.3. The molecule has 0 fully saturated rings. The van der Waals surface area contributed by atoms with Crippen molar-refractivity contribution in [3.63, 3.8) is 0 Å². The molecule has 0 radical (unpaired) electrons. The van der Waals surface area contributed by atoms with Crippen LogP contribution in [-0.4, -0.2) is 40.5 Å². The molecule has 57 heavy (non-hydrogen) atoms. The summed E-state index contributed by atoms with van der Waals surface area (Å²) < 4.78 is 39.6. The smallest absolute Gasteiger partial charge is 0.354 e. The summed E-state index contributed by atoms with van der Waals surface area (Å²) in [6.07, 6.45) is 6.26. The van der Waals surface area contributed by atoms with Crippen molar-refractivity contribution < 1.29 is 18.2 Å². The minimum Gasteiger partial charge on any atom is -0.469 e. The Bertz CT molecular complexity index is 2320. The van der Waals surface area contributed by atoms with Crippen LogP contribution in [0.4, 0.5) is 10.5 Å². The van der Waals surface area contributed by atoms with Crippen molar-refractivity contribution in [2.75, 3.05) is 11.9 Å². The lowest BCUT2D eigenvalue weighted by molar-refractivity contribution is 0.132. The molecule has 4 aromatic carbocycles. The Labute approximate surface area is 339 Å². The molecule has 3 aliphatic rings. The van der Waals surface area contributed by atoms with Gasteiger partial charge in [0, 0.05) is 18.2 Å². The zero-order valence-corrected chi connectivity index (χ0v) is 36.0.